The van der Waals surface area contributed by atoms with Crippen LogP contribution in [0.25, 0.3) is 0 Å². The van der Waals surface area contributed by atoms with Gasteiger partial charge in [0.15, 0.2) is 5.82 Å². The predicted octanol–water partition coefficient (Wildman–Crippen LogP) is 3.13. The molecule has 5 heteroatoms. The average Bonchev–Trinajstić information content (AvgIpc) is 2.36. The van der Waals surface area contributed by atoms with Crippen LogP contribution in [0.4, 0.5) is 10.1 Å². The number of aromatic nitrogens is 1. The van der Waals surface area contributed by atoms with Gasteiger partial charge in [-0.2, -0.15) is 0 Å². The van der Waals surface area contributed by atoms with Gasteiger partial charge in [0.05, 0.1) is 10.7 Å². The lowest BCUT2D eigenvalue weighted by molar-refractivity contribution is 0.102. The lowest BCUT2D eigenvalue weighted by Gasteiger charge is -2.06. The SMILES string of the molecule is O=C(Nc1cccc(Cl)c1F)c1ccncc1. The van der Waals surface area contributed by atoms with Gasteiger partial charge in [-0.25, -0.2) is 4.39 Å². The molecule has 0 bridgehead atoms. The molecular weight excluding hydrogens is 243 g/mol. The summed E-state index contributed by atoms with van der Waals surface area (Å²) in [5.41, 5.74) is 0.457. The van der Waals surface area contributed by atoms with Gasteiger partial charge in [0.25, 0.3) is 5.91 Å². The zero-order valence-corrected chi connectivity index (χ0v) is 9.41. The van der Waals surface area contributed by atoms with Crippen molar-refractivity contribution in [3.8, 4) is 0 Å². The van der Waals surface area contributed by atoms with Crippen LogP contribution in [-0.2, 0) is 0 Å². The van der Waals surface area contributed by atoms with E-state index in [1.54, 1.807) is 6.07 Å². The van der Waals surface area contributed by atoms with Crippen molar-refractivity contribution < 1.29 is 9.18 Å². The normalized spacial score (nSPS) is 10.0. The minimum Gasteiger partial charge on any atom is -0.319 e. The van der Waals surface area contributed by atoms with Crippen LogP contribution >= 0.6 is 11.6 Å². The second kappa shape index (κ2) is 4.93. The summed E-state index contributed by atoms with van der Waals surface area (Å²) in [6.07, 6.45) is 2.98. The van der Waals surface area contributed by atoms with Crippen molar-refractivity contribution in [1.82, 2.24) is 4.98 Å². The molecule has 2 aromatic rings. The van der Waals surface area contributed by atoms with E-state index in [4.69, 9.17) is 11.6 Å². The molecule has 0 saturated heterocycles. The highest BCUT2D eigenvalue weighted by atomic mass is 35.5. The van der Waals surface area contributed by atoms with Gasteiger partial charge in [-0.3, -0.25) is 9.78 Å². The number of pyridine rings is 1. The van der Waals surface area contributed by atoms with Crippen molar-refractivity contribution in [3.05, 3.63) is 59.1 Å². The second-order valence-corrected chi connectivity index (χ2v) is 3.70. The fourth-order valence-corrected chi connectivity index (χ4v) is 1.47. The summed E-state index contributed by atoms with van der Waals surface area (Å²) in [5.74, 6) is -1.05. The Bertz CT molecular complexity index is 545. The first kappa shape index (κ1) is 11.5. The molecule has 1 aromatic heterocycles. The summed E-state index contributed by atoms with van der Waals surface area (Å²) in [5, 5.41) is 2.41. The number of nitrogens with zero attached hydrogens (tertiary/aromatic N) is 1. The zero-order valence-electron chi connectivity index (χ0n) is 8.65. The third-order valence-electron chi connectivity index (χ3n) is 2.14. The Labute approximate surface area is 102 Å². The summed E-state index contributed by atoms with van der Waals surface area (Å²) in [6, 6.07) is 7.50. The maximum Gasteiger partial charge on any atom is 0.255 e. The molecule has 0 atom stereocenters. The molecule has 0 aliphatic heterocycles. The maximum absolute atomic E-state index is 13.5. The van der Waals surface area contributed by atoms with Gasteiger partial charge in [-0.05, 0) is 24.3 Å². The Balaban J connectivity index is 2.22. The van der Waals surface area contributed by atoms with E-state index in [9.17, 15) is 9.18 Å². The van der Waals surface area contributed by atoms with E-state index in [-0.39, 0.29) is 10.7 Å². The summed E-state index contributed by atoms with van der Waals surface area (Å²) in [4.78, 5) is 15.5. The van der Waals surface area contributed by atoms with E-state index in [2.05, 4.69) is 10.3 Å². The van der Waals surface area contributed by atoms with Crippen LogP contribution in [0.2, 0.25) is 5.02 Å². The van der Waals surface area contributed by atoms with Crippen molar-refractivity contribution in [1.29, 1.82) is 0 Å². The summed E-state index contributed by atoms with van der Waals surface area (Å²) >= 11 is 5.61. The number of nitrogens with one attached hydrogen (secondary N) is 1. The quantitative estimate of drug-likeness (QED) is 0.890. The average molecular weight is 251 g/mol. The van der Waals surface area contributed by atoms with Crippen LogP contribution in [0.1, 0.15) is 10.4 Å². The third kappa shape index (κ3) is 2.60. The van der Waals surface area contributed by atoms with E-state index < -0.39 is 11.7 Å². The number of halogens is 2. The Morgan fingerprint density at radius 2 is 1.94 bits per heavy atom. The largest absolute Gasteiger partial charge is 0.319 e. The predicted molar refractivity (Wildman–Crippen MR) is 63.6 cm³/mol. The fraction of sp³-hybridized carbons (Fsp3) is 0. The highest BCUT2D eigenvalue weighted by Crippen LogP contribution is 2.22. The minimum atomic E-state index is -0.642. The minimum absolute atomic E-state index is 0.0301. The van der Waals surface area contributed by atoms with Crippen molar-refractivity contribution in [2.45, 2.75) is 0 Å². The topological polar surface area (TPSA) is 42.0 Å². The van der Waals surface area contributed by atoms with E-state index >= 15 is 0 Å². The molecule has 0 fully saturated rings. The molecule has 17 heavy (non-hydrogen) atoms. The summed E-state index contributed by atoms with van der Waals surface area (Å²) < 4.78 is 13.5. The number of carbonyl (C=O) groups is 1. The van der Waals surface area contributed by atoms with E-state index in [0.717, 1.165) is 0 Å². The van der Waals surface area contributed by atoms with Crippen LogP contribution in [0.3, 0.4) is 0 Å². The van der Waals surface area contributed by atoms with Gasteiger partial charge in [-0.15, -0.1) is 0 Å². The molecule has 0 aliphatic carbocycles. The van der Waals surface area contributed by atoms with Crippen LogP contribution < -0.4 is 5.32 Å². The van der Waals surface area contributed by atoms with Gasteiger partial charge in [0, 0.05) is 18.0 Å². The number of carbonyl (C=O) groups excluding carboxylic acids is 1. The van der Waals surface area contributed by atoms with Crippen LogP contribution in [0.15, 0.2) is 42.7 Å². The van der Waals surface area contributed by atoms with Crippen LogP contribution in [0.5, 0.6) is 0 Å². The lowest BCUT2D eigenvalue weighted by atomic mass is 10.2. The monoisotopic (exact) mass is 250 g/mol. The Morgan fingerprint density at radius 1 is 1.24 bits per heavy atom. The molecule has 3 nitrogen and oxygen atoms in total. The molecule has 86 valence electrons. The van der Waals surface area contributed by atoms with E-state index in [1.165, 1.54) is 36.7 Å². The van der Waals surface area contributed by atoms with Gasteiger partial charge in [0.1, 0.15) is 0 Å². The zero-order chi connectivity index (χ0) is 12.3. The van der Waals surface area contributed by atoms with Crippen molar-refractivity contribution in [2.75, 3.05) is 5.32 Å². The summed E-state index contributed by atoms with van der Waals surface area (Å²) in [7, 11) is 0. The number of benzene rings is 1. The molecular formula is C12H8ClFN2O. The molecule has 0 saturated carbocycles. The number of rotatable bonds is 2. The Hall–Kier alpha value is -1.94. The first-order valence-electron chi connectivity index (χ1n) is 4.84. The van der Waals surface area contributed by atoms with Crippen molar-refractivity contribution >= 4 is 23.2 Å². The van der Waals surface area contributed by atoms with Gasteiger partial charge < -0.3 is 5.32 Å². The fourth-order valence-electron chi connectivity index (χ4n) is 1.30. The Kier molecular flexibility index (Phi) is 3.35. The molecule has 0 spiro atoms. The molecule has 1 aromatic carbocycles. The molecule has 1 heterocycles. The molecule has 1 N–H and O–H groups in total. The van der Waals surface area contributed by atoms with Crippen LogP contribution in [0, 0.1) is 5.82 Å². The molecule has 0 aliphatic rings. The van der Waals surface area contributed by atoms with Gasteiger partial charge in [0.2, 0.25) is 0 Å². The highest BCUT2D eigenvalue weighted by Gasteiger charge is 2.10. The van der Waals surface area contributed by atoms with E-state index in [1.807, 2.05) is 0 Å². The molecule has 0 unspecified atom stereocenters. The Morgan fingerprint density at radius 3 is 2.65 bits per heavy atom. The highest BCUT2D eigenvalue weighted by molar-refractivity contribution is 6.31. The number of anilines is 1. The summed E-state index contributed by atoms with van der Waals surface area (Å²) in [6.45, 7) is 0. The second-order valence-electron chi connectivity index (χ2n) is 3.29. The van der Waals surface area contributed by atoms with Crippen molar-refractivity contribution in [3.63, 3.8) is 0 Å². The van der Waals surface area contributed by atoms with Crippen LogP contribution in [-0.4, -0.2) is 10.9 Å². The molecule has 2 rings (SSSR count). The number of hydrogen-bond acceptors (Lipinski definition) is 2. The third-order valence-corrected chi connectivity index (χ3v) is 2.43. The first-order valence-corrected chi connectivity index (χ1v) is 5.21. The molecule has 1 amide bonds. The van der Waals surface area contributed by atoms with Gasteiger partial charge in [-0.1, -0.05) is 17.7 Å². The van der Waals surface area contributed by atoms with Crippen molar-refractivity contribution in [2.24, 2.45) is 0 Å². The number of amides is 1. The lowest BCUT2D eigenvalue weighted by Crippen LogP contribution is -2.13. The smallest absolute Gasteiger partial charge is 0.255 e. The van der Waals surface area contributed by atoms with E-state index in [0.29, 0.717) is 5.56 Å². The van der Waals surface area contributed by atoms with Gasteiger partial charge >= 0.3 is 0 Å². The number of hydrogen-bond donors (Lipinski definition) is 1. The first-order chi connectivity index (χ1) is 8.18. The standard InChI is InChI=1S/C12H8ClFN2O/c13-9-2-1-3-10(11(9)14)16-12(17)8-4-6-15-7-5-8/h1-7H,(H,16,17). The molecule has 0 radical (unpaired) electrons. The maximum atomic E-state index is 13.5.